The molecule has 0 saturated carbocycles. The van der Waals surface area contributed by atoms with Crippen LogP contribution in [-0.4, -0.2) is 0 Å². The molecule has 0 heterocycles. The number of rotatable bonds is 8. The third kappa shape index (κ3) is 6.87. The fourth-order valence-corrected chi connectivity index (χ4v) is 10.2. The molecule has 13 aromatic rings. The third-order valence-corrected chi connectivity index (χ3v) is 13.5. The molecule has 2 atom stereocenters. The van der Waals surface area contributed by atoms with Gasteiger partial charge in [-0.05, 0) is 158 Å². The van der Waals surface area contributed by atoms with Gasteiger partial charge in [-0.25, -0.2) is 0 Å². The Morgan fingerprint density at radius 1 is 0.325 bits per heavy atom. The minimum absolute atomic E-state index is 0.266. The first-order valence-corrected chi connectivity index (χ1v) is 23.4. The molecule has 2 unspecified atom stereocenters. The standard InChI is InChI=1S/C76H53N/c1-75(2)70-35-18-16-34-64(70)69-46-57(42-44-71(69)75)77(58-41-43-65-63-33-17-19-36-72(63)76(73(65)47-58,55-25-8-4-9-26-55)56-27-10-5-11-28-56)74-49-68-62-32-15-13-30-60(62)59-29-12-14-31-61(59)67(68)48-66(74)54-24-20-23-53(45-54)52-39-37-51(38-40-52)50-21-6-3-7-22-50/h3-49H,1-2H3/i1D,2D2,3D,4D,6D,7D,8D,9D,10D,12D,14D,15D,16D,19D,20D,21D,22D,23D,24D,25D,26D,27D,28D,31D,32D,33D,34D,35D,36D,37D,38D,39D,40D,41D,42D,43D,44D,45D,46D,47D,48D,49D. The van der Waals surface area contributed by atoms with Crippen LogP contribution < -0.4 is 4.90 Å². The fraction of sp³-hybridized carbons (Fsp3) is 0.0526. The van der Waals surface area contributed by atoms with E-state index in [0.29, 0.717) is 0 Å². The molecule has 0 radical (unpaired) electrons. The molecule has 0 N–H and O–H groups in total. The monoisotopic (exact) mass is 1020 g/mol. The molecule has 13 aromatic carbocycles. The Morgan fingerprint density at radius 3 is 1.81 bits per heavy atom. The summed E-state index contributed by atoms with van der Waals surface area (Å²) >= 11 is 0. The van der Waals surface area contributed by atoms with Crippen molar-refractivity contribution in [2.24, 2.45) is 0 Å². The average molecular weight is 1020 g/mol. The van der Waals surface area contributed by atoms with E-state index < -0.39 is 394 Å². The van der Waals surface area contributed by atoms with E-state index in [9.17, 15) is 48.0 Å². The lowest BCUT2D eigenvalue weighted by Gasteiger charge is -2.35. The van der Waals surface area contributed by atoms with Gasteiger partial charge in [-0.3, -0.25) is 0 Å². The van der Waals surface area contributed by atoms with Gasteiger partial charge in [0.05, 0.1) is 65.9 Å². The van der Waals surface area contributed by atoms with Crippen molar-refractivity contribution >= 4 is 49.4 Å². The van der Waals surface area contributed by atoms with Crippen LogP contribution in [0, 0.1) is 0 Å². The van der Waals surface area contributed by atoms with E-state index in [-0.39, 0.29) is 15.7 Å². The van der Waals surface area contributed by atoms with Gasteiger partial charge >= 0.3 is 0 Å². The van der Waals surface area contributed by atoms with E-state index >= 15 is 0 Å². The fourth-order valence-electron chi connectivity index (χ4n) is 10.2. The molecular weight excluding hydrogens is 927 g/mol. The topological polar surface area (TPSA) is 3.24 Å². The first-order chi connectivity index (χ1) is 56.1. The number of hydrogen-bond acceptors (Lipinski definition) is 1. The normalized spacial score (nSPS) is 23.9. The third-order valence-electron chi connectivity index (χ3n) is 13.5. The van der Waals surface area contributed by atoms with Gasteiger partial charge in [-0.1, -0.05) is 256 Å². The van der Waals surface area contributed by atoms with Crippen molar-refractivity contribution in [3.05, 3.63) is 318 Å². The summed E-state index contributed by atoms with van der Waals surface area (Å²) in [5.41, 5.74) is -26.3. The Bertz CT molecular complexity index is 6930. The van der Waals surface area contributed by atoms with Gasteiger partial charge in [0.25, 0.3) is 0 Å². The van der Waals surface area contributed by atoms with Crippen LogP contribution in [0.3, 0.4) is 0 Å². The van der Waals surface area contributed by atoms with Crippen LogP contribution >= 0.6 is 0 Å². The Kier molecular flexibility index (Phi) is 4.37. The van der Waals surface area contributed by atoms with Crippen molar-refractivity contribution in [2.75, 3.05) is 4.90 Å². The predicted molar refractivity (Wildman–Crippen MR) is 325 cm³/mol. The molecule has 362 valence electrons. The zero-order valence-corrected chi connectivity index (χ0v) is 39.3. The SMILES string of the molecule is [2H]CC1(C([2H])[2H])c2c([2H])cc([2H])c([2H])c2-c2c([2H])c(N(c3c([2H])c([2H])c4c(c3[2H])C(c3c([2H])ccc([2H])c3[2H])(c3c([2H])c([2H])c([2H])c([2H])c3[2H])c3c([2H])c([2H])cc([2H])c3-4)c3c(-c4c([2H])c([2H])c([2H])c(-c5c([2H])c([2H])c(-c6c([2H])c([2H])c([2H])c([2H])c6[2H])c([2H])c5[2H])c4[2H])c([2H])c4c5c([2H])c([2H])c([2H])cc5c5ccc([2H])c([2H])c5c4c3[2H])c([2H])c([2H])c21. The van der Waals surface area contributed by atoms with Crippen LogP contribution in [0.2, 0.25) is 0 Å². The van der Waals surface area contributed by atoms with Gasteiger partial charge in [0, 0.05) is 26.5 Å². The first-order valence-electron chi connectivity index (χ1n) is 45.2. The van der Waals surface area contributed by atoms with Crippen LogP contribution in [0.5, 0.6) is 0 Å². The Morgan fingerprint density at radius 2 is 0.948 bits per heavy atom. The van der Waals surface area contributed by atoms with Crippen LogP contribution in [-0.2, 0) is 10.8 Å². The number of fused-ring (bicyclic) bond motifs is 12. The van der Waals surface area contributed by atoms with Gasteiger partial charge in [-0.15, -0.1) is 0 Å². The molecule has 0 aliphatic heterocycles. The van der Waals surface area contributed by atoms with Gasteiger partial charge in [0.15, 0.2) is 0 Å². The summed E-state index contributed by atoms with van der Waals surface area (Å²) in [6.45, 7) is -3.66. The van der Waals surface area contributed by atoms with Crippen molar-refractivity contribution in [3.8, 4) is 55.6 Å². The highest BCUT2D eigenvalue weighted by molar-refractivity contribution is 6.27. The lowest BCUT2D eigenvalue weighted by atomic mass is 9.67. The summed E-state index contributed by atoms with van der Waals surface area (Å²) in [6, 6.07) is -38.9. The van der Waals surface area contributed by atoms with Gasteiger partial charge < -0.3 is 4.90 Å². The number of nitrogens with zero attached hydrogens (tertiary/aromatic N) is 1. The highest BCUT2D eigenvalue weighted by Gasteiger charge is 2.46. The van der Waals surface area contributed by atoms with Crippen molar-refractivity contribution in [3.63, 3.8) is 0 Å². The summed E-state index contributed by atoms with van der Waals surface area (Å²) < 4.78 is 417. The maximum absolute atomic E-state index is 11.4. The smallest absolute Gasteiger partial charge is 0.0714 e. The Hall–Kier alpha value is -9.56. The van der Waals surface area contributed by atoms with E-state index in [2.05, 4.69) is 0 Å². The molecule has 2 aliphatic rings. The number of hydrogen-bond donors (Lipinski definition) is 0. The molecule has 77 heavy (non-hydrogen) atoms. The van der Waals surface area contributed by atoms with Crippen molar-refractivity contribution in [1.29, 1.82) is 0 Å². The maximum atomic E-state index is 11.4. The minimum Gasteiger partial charge on any atom is -0.310 e. The Labute approximate surface area is 511 Å². The molecule has 0 aromatic heterocycles. The number of anilines is 3. The molecule has 0 saturated heterocycles. The molecule has 0 fully saturated rings. The van der Waals surface area contributed by atoms with E-state index in [1.807, 2.05) is 0 Å². The predicted octanol–water partition coefficient (Wildman–Crippen LogP) is 20.3. The highest BCUT2D eigenvalue weighted by Crippen LogP contribution is 2.58. The molecule has 2 aliphatic carbocycles. The summed E-state index contributed by atoms with van der Waals surface area (Å²) in [7, 11) is 0. The molecule has 1 heteroatoms. The van der Waals surface area contributed by atoms with E-state index in [0.717, 1.165) is 36.4 Å². The zero-order chi connectivity index (χ0) is 88.3. The second-order valence-corrected chi connectivity index (χ2v) is 17.7. The van der Waals surface area contributed by atoms with Gasteiger partial charge in [-0.2, -0.15) is 0 Å². The quantitative estimate of drug-likeness (QED) is 0.137. The number of benzene rings is 13. The summed E-state index contributed by atoms with van der Waals surface area (Å²) in [5.74, 6) is 0. The lowest BCUT2D eigenvalue weighted by molar-refractivity contribution is 0.660. The van der Waals surface area contributed by atoms with Crippen LogP contribution in [0.15, 0.2) is 284 Å². The highest BCUT2D eigenvalue weighted by atomic mass is 15.1. The van der Waals surface area contributed by atoms with Gasteiger partial charge in [0.2, 0.25) is 0 Å². The molecule has 0 spiro atoms. The lowest BCUT2D eigenvalue weighted by Crippen LogP contribution is -2.28. The van der Waals surface area contributed by atoms with Crippen LogP contribution in [0.4, 0.5) is 17.1 Å². The second kappa shape index (κ2) is 17.5. The minimum atomic E-state index is -3.46. The van der Waals surface area contributed by atoms with E-state index in [4.69, 9.17) is 11.0 Å². The van der Waals surface area contributed by atoms with Crippen molar-refractivity contribution < 1.29 is 58.9 Å². The summed E-state index contributed by atoms with van der Waals surface area (Å²) in [5, 5.41) is -3.48. The van der Waals surface area contributed by atoms with Crippen molar-refractivity contribution in [2.45, 2.75) is 24.6 Å². The molecule has 0 amide bonds. The van der Waals surface area contributed by atoms with E-state index in [1.165, 1.54) is 6.07 Å². The van der Waals surface area contributed by atoms with Crippen LogP contribution in [0.25, 0.3) is 88.0 Å². The molecular formula is C76H53N. The van der Waals surface area contributed by atoms with Gasteiger partial charge in [0.1, 0.15) is 0 Å². The molecule has 15 rings (SSSR count). The molecule has 0 bridgehead atoms. The van der Waals surface area contributed by atoms with Crippen molar-refractivity contribution in [1.82, 2.24) is 0 Å². The maximum Gasteiger partial charge on any atom is 0.0714 e. The Balaban J connectivity index is 1.28. The summed E-state index contributed by atoms with van der Waals surface area (Å²) in [6.07, 6.45) is 0. The van der Waals surface area contributed by atoms with Crippen LogP contribution in [0.1, 0.15) is 106 Å². The van der Waals surface area contributed by atoms with E-state index in [1.54, 1.807) is 0 Å². The largest absolute Gasteiger partial charge is 0.310 e. The average Bonchev–Trinajstić information content (AvgIpc) is 1.11. The zero-order valence-electron chi connectivity index (χ0n) is 82.3. The molecule has 1 nitrogen and oxygen atoms in total. The second-order valence-electron chi connectivity index (χ2n) is 17.7. The first kappa shape index (κ1) is 19.2. The summed E-state index contributed by atoms with van der Waals surface area (Å²) in [4.78, 5) is 0.283.